The second-order valence-corrected chi connectivity index (χ2v) is 5.32. The van der Waals surface area contributed by atoms with Gasteiger partial charge in [-0.1, -0.05) is 6.07 Å². The first kappa shape index (κ1) is 13.2. The van der Waals surface area contributed by atoms with Gasteiger partial charge in [0.2, 0.25) is 0 Å². The third kappa shape index (κ3) is 2.86. The van der Waals surface area contributed by atoms with Gasteiger partial charge in [0, 0.05) is 6.20 Å². The van der Waals surface area contributed by atoms with E-state index in [4.69, 9.17) is 4.42 Å². The van der Waals surface area contributed by atoms with Crippen LogP contribution in [0.1, 0.15) is 17.3 Å². The number of furan rings is 1. The van der Waals surface area contributed by atoms with E-state index in [1.54, 1.807) is 11.8 Å². The highest BCUT2D eigenvalue weighted by Crippen LogP contribution is 2.13. The average Bonchev–Trinajstić information content (AvgIpc) is 3.07. The maximum Gasteiger partial charge on any atom is 0.160 e. The number of nitrogens with one attached hydrogen (secondary N) is 1. The van der Waals surface area contributed by atoms with Gasteiger partial charge >= 0.3 is 0 Å². The standard InChI is InChI=1S/C14H16N4OS/c1-20-10-12-6-5-11(19-12)8-15-9-14-17-16-13-4-2-3-7-18(13)14/h2-7,15H,8-10H2,1H3. The van der Waals surface area contributed by atoms with Crippen LogP contribution >= 0.6 is 11.8 Å². The fraction of sp³-hybridized carbons (Fsp3) is 0.286. The van der Waals surface area contributed by atoms with Crippen LogP contribution in [0.15, 0.2) is 40.9 Å². The maximum absolute atomic E-state index is 5.70. The minimum atomic E-state index is 0.656. The van der Waals surface area contributed by atoms with E-state index >= 15 is 0 Å². The van der Waals surface area contributed by atoms with E-state index in [1.807, 2.05) is 40.9 Å². The molecule has 0 aliphatic rings. The number of nitrogens with zero attached hydrogens (tertiary/aromatic N) is 3. The van der Waals surface area contributed by atoms with Crippen LogP contribution in [-0.4, -0.2) is 20.9 Å². The molecule has 0 bridgehead atoms. The van der Waals surface area contributed by atoms with Crippen LogP contribution in [0, 0.1) is 0 Å². The molecule has 0 aromatic carbocycles. The van der Waals surface area contributed by atoms with Gasteiger partial charge in [-0.15, -0.1) is 10.2 Å². The summed E-state index contributed by atoms with van der Waals surface area (Å²) in [5.41, 5.74) is 0.865. The van der Waals surface area contributed by atoms with Crippen LogP contribution in [0.2, 0.25) is 0 Å². The van der Waals surface area contributed by atoms with E-state index in [2.05, 4.69) is 21.8 Å². The van der Waals surface area contributed by atoms with Crippen LogP contribution in [0.25, 0.3) is 5.65 Å². The Bertz CT molecular complexity index is 691. The molecular formula is C14H16N4OS. The Morgan fingerprint density at radius 1 is 1.15 bits per heavy atom. The predicted octanol–water partition coefficient (Wildman–Crippen LogP) is 2.48. The topological polar surface area (TPSA) is 55.4 Å². The molecule has 1 N–H and O–H groups in total. The van der Waals surface area contributed by atoms with Crippen LogP contribution in [0.3, 0.4) is 0 Å². The molecule has 3 aromatic heterocycles. The lowest BCUT2D eigenvalue weighted by atomic mass is 10.4. The zero-order valence-electron chi connectivity index (χ0n) is 11.2. The number of aromatic nitrogens is 3. The van der Waals surface area contributed by atoms with Crippen LogP contribution < -0.4 is 5.32 Å². The average molecular weight is 288 g/mol. The van der Waals surface area contributed by atoms with E-state index in [0.29, 0.717) is 13.1 Å². The molecule has 0 radical (unpaired) electrons. The fourth-order valence-electron chi connectivity index (χ4n) is 2.05. The molecule has 6 heteroatoms. The molecule has 104 valence electrons. The molecule has 0 unspecified atom stereocenters. The zero-order chi connectivity index (χ0) is 13.8. The monoisotopic (exact) mass is 288 g/mol. The lowest BCUT2D eigenvalue weighted by Gasteiger charge is -2.01. The molecule has 0 aliphatic carbocycles. The quantitative estimate of drug-likeness (QED) is 0.755. The minimum absolute atomic E-state index is 0.656. The Hall–Kier alpha value is -1.79. The zero-order valence-corrected chi connectivity index (χ0v) is 12.1. The maximum atomic E-state index is 5.70. The number of hydrogen-bond acceptors (Lipinski definition) is 5. The minimum Gasteiger partial charge on any atom is -0.464 e. The Morgan fingerprint density at radius 3 is 2.95 bits per heavy atom. The summed E-state index contributed by atoms with van der Waals surface area (Å²) in [6, 6.07) is 9.91. The molecule has 5 nitrogen and oxygen atoms in total. The SMILES string of the molecule is CSCc1ccc(CNCc2nnc3ccccn23)o1. The predicted molar refractivity (Wildman–Crippen MR) is 79.5 cm³/mol. The van der Waals surface area contributed by atoms with Crippen molar-refractivity contribution in [2.75, 3.05) is 6.26 Å². The van der Waals surface area contributed by atoms with E-state index in [1.165, 1.54) is 0 Å². The van der Waals surface area contributed by atoms with Gasteiger partial charge in [-0.2, -0.15) is 11.8 Å². The van der Waals surface area contributed by atoms with Crippen molar-refractivity contribution in [1.29, 1.82) is 0 Å². The van der Waals surface area contributed by atoms with Gasteiger partial charge in [-0.25, -0.2) is 0 Å². The Kier molecular flexibility index (Phi) is 4.03. The van der Waals surface area contributed by atoms with Crippen molar-refractivity contribution < 1.29 is 4.42 Å². The highest BCUT2D eigenvalue weighted by Gasteiger charge is 2.05. The van der Waals surface area contributed by atoms with Crippen LogP contribution in [0.4, 0.5) is 0 Å². The molecule has 0 aliphatic heterocycles. The number of rotatable bonds is 6. The lowest BCUT2D eigenvalue weighted by Crippen LogP contribution is -2.14. The Balaban J connectivity index is 1.59. The van der Waals surface area contributed by atoms with Gasteiger partial charge in [0.1, 0.15) is 11.5 Å². The molecular weight excluding hydrogens is 272 g/mol. The summed E-state index contributed by atoms with van der Waals surface area (Å²) in [4.78, 5) is 0. The summed E-state index contributed by atoms with van der Waals surface area (Å²) in [6.07, 6.45) is 4.03. The highest BCUT2D eigenvalue weighted by molar-refractivity contribution is 7.97. The van der Waals surface area contributed by atoms with Crippen molar-refractivity contribution in [3.8, 4) is 0 Å². The highest BCUT2D eigenvalue weighted by atomic mass is 32.2. The summed E-state index contributed by atoms with van der Waals surface area (Å²) >= 11 is 1.76. The van der Waals surface area contributed by atoms with Crippen molar-refractivity contribution >= 4 is 17.4 Å². The summed E-state index contributed by atoms with van der Waals surface area (Å²) in [5.74, 6) is 3.77. The summed E-state index contributed by atoms with van der Waals surface area (Å²) in [5, 5.41) is 11.6. The second-order valence-electron chi connectivity index (χ2n) is 4.45. The first-order chi connectivity index (χ1) is 9.86. The largest absolute Gasteiger partial charge is 0.464 e. The summed E-state index contributed by atoms with van der Waals surface area (Å²) < 4.78 is 7.69. The van der Waals surface area contributed by atoms with Crippen molar-refractivity contribution in [3.63, 3.8) is 0 Å². The first-order valence-electron chi connectivity index (χ1n) is 6.42. The number of hydrogen-bond donors (Lipinski definition) is 1. The van der Waals surface area contributed by atoms with Gasteiger partial charge in [0.05, 0.1) is 18.8 Å². The third-order valence-electron chi connectivity index (χ3n) is 2.97. The van der Waals surface area contributed by atoms with Crippen LogP contribution in [0.5, 0.6) is 0 Å². The fourth-order valence-corrected chi connectivity index (χ4v) is 2.49. The van der Waals surface area contributed by atoms with Gasteiger partial charge in [0.25, 0.3) is 0 Å². The van der Waals surface area contributed by atoms with Gasteiger partial charge in [0.15, 0.2) is 11.5 Å². The van der Waals surface area contributed by atoms with E-state index in [9.17, 15) is 0 Å². The van der Waals surface area contributed by atoms with Gasteiger partial charge in [-0.05, 0) is 30.5 Å². The molecule has 3 rings (SSSR count). The summed E-state index contributed by atoms with van der Waals surface area (Å²) in [7, 11) is 0. The van der Waals surface area contributed by atoms with E-state index in [-0.39, 0.29) is 0 Å². The molecule has 0 amide bonds. The van der Waals surface area contributed by atoms with Crippen molar-refractivity contribution in [1.82, 2.24) is 19.9 Å². The second kappa shape index (κ2) is 6.11. The number of fused-ring (bicyclic) bond motifs is 1. The Labute approximate surface area is 121 Å². The number of pyridine rings is 1. The normalized spacial score (nSPS) is 11.2. The molecule has 0 saturated carbocycles. The molecule has 0 spiro atoms. The molecule has 3 heterocycles. The van der Waals surface area contributed by atoms with E-state index < -0.39 is 0 Å². The third-order valence-corrected chi connectivity index (χ3v) is 3.54. The molecule has 0 atom stereocenters. The number of thioether (sulfide) groups is 1. The molecule has 0 fully saturated rings. The molecule has 20 heavy (non-hydrogen) atoms. The Morgan fingerprint density at radius 2 is 2.05 bits per heavy atom. The first-order valence-corrected chi connectivity index (χ1v) is 7.82. The van der Waals surface area contributed by atoms with Crippen molar-refractivity contribution in [2.45, 2.75) is 18.8 Å². The smallest absolute Gasteiger partial charge is 0.160 e. The van der Waals surface area contributed by atoms with Crippen LogP contribution in [-0.2, 0) is 18.8 Å². The van der Waals surface area contributed by atoms with E-state index in [0.717, 1.165) is 28.7 Å². The molecule has 0 saturated heterocycles. The lowest BCUT2D eigenvalue weighted by molar-refractivity contribution is 0.457. The van der Waals surface area contributed by atoms with Crippen molar-refractivity contribution in [3.05, 3.63) is 53.9 Å². The summed E-state index contributed by atoms with van der Waals surface area (Å²) in [6.45, 7) is 1.35. The van der Waals surface area contributed by atoms with Crippen molar-refractivity contribution in [2.24, 2.45) is 0 Å². The van der Waals surface area contributed by atoms with Gasteiger partial charge < -0.3 is 9.73 Å². The molecule has 3 aromatic rings. The van der Waals surface area contributed by atoms with Gasteiger partial charge in [-0.3, -0.25) is 4.40 Å².